The van der Waals surface area contributed by atoms with Crippen molar-refractivity contribution in [2.24, 2.45) is 0 Å². The van der Waals surface area contributed by atoms with E-state index < -0.39 is 0 Å². The van der Waals surface area contributed by atoms with Gasteiger partial charge in [-0.15, -0.1) is 0 Å². The Morgan fingerprint density at radius 2 is 1.77 bits per heavy atom. The fourth-order valence-electron chi connectivity index (χ4n) is 4.20. The van der Waals surface area contributed by atoms with Gasteiger partial charge in [-0.1, -0.05) is 36.4 Å². The number of aromatic nitrogens is 3. The molecule has 2 aromatic heterocycles. The Morgan fingerprint density at radius 1 is 0.943 bits per heavy atom. The molecule has 0 saturated carbocycles. The number of hydrogen-bond donors (Lipinski definition) is 2. The molecule has 1 amide bonds. The lowest BCUT2D eigenvalue weighted by molar-refractivity contribution is 0.102. The molecule has 174 valence electrons. The third-order valence-corrected chi connectivity index (χ3v) is 5.89. The van der Waals surface area contributed by atoms with Gasteiger partial charge < -0.3 is 15.5 Å². The van der Waals surface area contributed by atoms with E-state index in [1.807, 2.05) is 37.3 Å². The zero-order chi connectivity index (χ0) is 24.4. The number of nitrogens with zero attached hydrogens (tertiary/aromatic N) is 4. The van der Waals surface area contributed by atoms with Crippen molar-refractivity contribution in [3.63, 3.8) is 0 Å². The van der Waals surface area contributed by atoms with Crippen molar-refractivity contribution in [1.82, 2.24) is 19.9 Å². The fraction of sp³-hybridized carbons (Fsp3) is 0.143. The molecule has 0 saturated heterocycles. The van der Waals surface area contributed by atoms with Crippen LogP contribution in [0.4, 0.5) is 17.2 Å². The normalized spacial score (nSPS) is 11.2. The lowest BCUT2D eigenvalue weighted by Gasteiger charge is -2.15. The van der Waals surface area contributed by atoms with Gasteiger partial charge in [0.05, 0.1) is 16.8 Å². The van der Waals surface area contributed by atoms with Gasteiger partial charge in [0.1, 0.15) is 12.1 Å². The Labute approximate surface area is 203 Å². The maximum absolute atomic E-state index is 13.3. The van der Waals surface area contributed by atoms with Crippen LogP contribution < -0.4 is 10.6 Å². The summed E-state index contributed by atoms with van der Waals surface area (Å²) in [4.78, 5) is 28.4. The SMILES string of the molecule is Cc1ccc2c(Nc3ccc(CN(C)C)cc3)nccc2c1NC(=O)c1cccc2cncnc12. The number of para-hydroxylation sites is 1. The summed E-state index contributed by atoms with van der Waals surface area (Å²) in [5, 5.41) is 9.20. The van der Waals surface area contributed by atoms with Crippen molar-refractivity contribution in [2.75, 3.05) is 24.7 Å². The first-order chi connectivity index (χ1) is 17.0. The highest BCUT2D eigenvalue weighted by molar-refractivity contribution is 6.15. The number of amides is 1. The Bertz CT molecular complexity index is 1520. The minimum Gasteiger partial charge on any atom is -0.340 e. The molecule has 5 aromatic rings. The molecule has 5 rings (SSSR count). The predicted octanol–water partition coefficient (Wildman–Crippen LogP) is 5.54. The van der Waals surface area contributed by atoms with Gasteiger partial charge in [0.25, 0.3) is 5.91 Å². The first-order valence-electron chi connectivity index (χ1n) is 11.4. The van der Waals surface area contributed by atoms with E-state index in [4.69, 9.17) is 0 Å². The van der Waals surface area contributed by atoms with Gasteiger partial charge in [-0.2, -0.15) is 0 Å². The van der Waals surface area contributed by atoms with Crippen molar-refractivity contribution >= 4 is 44.8 Å². The third-order valence-electron chi connectivity index (χ3n) is 5.89. The van der Waals surface area contributed by atoms with Gasteiger partial charge in [-0.25, -0.2) is 15.0 Å². The molecular formula is C28H26N6O. The second-order valence-corrected chi connectivity index (χ2v) is 8.79. The zero-order valence-electron chi connectivity index (χ0n) is 19.9. The monoisotopic (exact) mass is 462 g/mol. The van der Waals surface area contributed by atoms with Crippen molar-refractivity contribution in [3.8, 4) is 0 Å². The number of nitrogens with one attached hydrogen (secondary N) is 2. The predicted molar refractivity (Wildman–Crippen MR) is 141 cm³/mol. The Morgan fingerprint density at radius 3 is 2.57 bits per heavy atom. The van der Waals surface area contributed by atoms with Gasteiger partial charge in [-0.05, 0) is 56.4 Å². The van der Waals surface area contributed by atoms with E-state index in [9.17, 15) is 4.79 Å². The van der Waals surface area contributed by atoms with Gasteiger partial charge in [0.2, 0.25) is 0 Å². The van der Waals surface area contributed by atoms with Crippen LogP contribution >= 0.6 is 0 Å². The third kappa shape index (κ3) is 4.67. The summed E-state index contributed by atoms with van der Waals surface area (Å²) in [5.41, 5.74) is 5.04. The number of anilines is 3. The smallest absolute Gasteiger partial charge is 0.257 e. The molecule has 0 atom stereocenters. The van der Waals surface area contributed by atoms with Gasteiger partial charge in [-0.3, -0.25) is 4.79 Å². The Hall–Kier alpha value is -4.36. The van der Waals surface area contributed by atoms with E-state index >= 15 is 0 Å². The fourth-order valence-corrected chi connectivity index (χ4v) is 4.20. The van der Waals surface area contributed by atoms with Crippen molar-refractivity contribution in [2.45, 2.75) is 13.5 Å². The van der Waals surface area contributed by atoms with Crippen LogP contribution in [0.5, 0.6) is 0 Å². The highest BCUT2D eigenvalue weighted by atomic mass is 16.1. The molecule has 0 bridgehead atoms. The lowest BCUT2D eigenvalue weighted by atomic mass is 10.0. The highest BCUT2D eigenvalue weighted by Crippen LogP contribution is 2.32. The summed E-state index contributed by atoms with van der Waals surface area (Å²) in [6.45, 7) is 2.87. The molecule has 0 radical (unpaired) electrons. The van der Waals surface area contributed by atoms with Crippen LogP contribution in [0.25, 0.3) is 21.7 Å². The van der Waals surface area contributed by atoms with Crippen molar-refractivity contribution in [1.29, 1.82) is 0 Å². The summed E-state index contributed by atoms with van der Waals surface area (Å²) in [5.74, 6) is 0.518. The molecule has 0 aliphatic rings. The second kappa shape index (κ2) is 9.48. The number of hydrogen-bond acceptors (Lipinski definition) is 6. The standard InChI is InChI=1S/C28H26N6O/c1-18-7-12-23-22(13-14-30-27(23)32-21-10-8-19(9-11-21)16-34(2)3)25(18)33-28(35)24-6-4-5-20-15-29-17-31-26(20)24/h4-15,17H,16H2,1-3H3,(H,30,32)(H,33,35). The molecule has 7 nitrogen and oxygen atoms in total. The molecular weight excluding hydrogens is 436 g/mol. The zero-order valence-corrected chi connectivity index (χ0v) is 19.9. The van der Waals surface area contributed by atoms with Crippen LogP contribution in [-0.2, 0) is 6.54 Å². The van der Waals surface area contributed by atoms with Crippen molar-refractivity contribution in [3.05, 3.63) is 96.1 Å². The van der Waals surface area contributed by atoms with Gasteiger partial charge in [0.15, 0.2) is 0 Å². The number of carbonyl (C=O) groups excluding carboxylic acids is 1. The van der Waals surface area contributed by atoms with E-state index in [-0.39, 0.29) is 5.91 Å². The van der Waals surface area contributed by atoms with E-state index in [2.05, 4.69) is 68.8 Å². The van der Waals surface area contributed by atoms with E-state index in [0.717, 1.165) is 45.5 Å². The molecule has 0 fully saturated rings. The average Bonchev–Trinajstić information content (AvgIpc) is 2.86. The summed E-state index contributed by atoms with van der Waals surface area (Å²) < 4.78 is 0. The number of rotatable bonds is 6. The minimum atomic E-state index is -0.215. The average molecular weight is 463 g/mol. The quantitative estimate of drug-likeness (QED) is 0.345. The summed E-state index contributed by atoms with van der Waals surface area (Å²) >= 11 is 0. The molecule has 0 aliphatic carbocycles. The maximum Gasteiger partial charge on any atom is 0.257 e. The molecule has 2 N–H and O–H groups in total. The van der Waals surface area contributed by atoms with Gasteiger partial charge >= 0.3 is 0 Å². The van der Waals surface area contributed by atoms with Crippen LogP contribution in [0.3, 0.4) is 0 Å². The van der Waals surface area contributed by atoms with E-state index in [1.165, 1.54) is 11.9 Å². The lowest BCUT2D eigenvalue weighted by Crippen LogP contribution is -2.14. The molecule has 0 spiro atoms. The van der Waals surface area contributed by atoms with Crippen LogP contribution in [-0.4, -0.2) is 39.9 Å². The van der Waals surface area contributed by atoms with Gasteiger partial charge in [0, 0.05) is 40.8 Å². The summed E-state index contributed by atoms with van der Waals surface area (Å²) in [7, 11) is 4.11. The summed E-state index contributed by atoms with van der Waals surface area (Å²) in [6.07, 6.45) is 4.92. The largest absolute Gasteiger partial charge is 0.340 e. The highest BCUT2D eigenvalue weighted by Gasteiger charge is 2.15. The number of carbonyl (C=O) groups is 1. The molecule has 2 heterocycles. The molecule has 0 unspecified atom stereocenters. The van der Waals surface area contributed by atoms with E-state index in [0.29, 0.717) is 11.1 Å². The first-order valence-corrected chi connectivity index (χ1v) is 11.4. The first kappa shape index (κ1) is 22.4. The summed E-state index contributed by atoms with van der Waals surface area (Å²) in [6, 6.07) is 19.8. The Balaban J connectivity index is 1.47. The van der Waals surface area contributed by atoms with Crippen LogP contribution in [0, 0.1) is 6.92 Å². The van der Waals surface area contributed by atoms with E-state index in [1.54, 1.807) is 18.5 Å². The molecule has 7 heteroatoms. The maximum atomic E-state index is 13.3. The van der Waals surface area contributed by atoms with Crippen LogP contribution in [0.15, 0.2) is 79.4 Å². The number of benzene rings is 3. The molecule has 3 aromatic carbocycles. The van der Waals surface area contributed by atoms with Crippen molar-refractivity contribution < 1.29 is 4.79 Å². The topological polar surface area (TPSA) is 83.0 Å². The van der Waals surface area contributed by atoms with Crippen LogP contribution in [0.2, 0.25) is 0 Å². The number of pyridine rings is 1. The minimum absolute atomic E-state index is 0.215. The Kier molecular flexibility index (Phi) is 6.08. The number of fused-ring (bicyclic) bond motifs is 2. The van der Waals surface area contributed by atoms with Crippen LogP contribution in [0.1, 0.15) is 21.5 Å². The molecule has 0 aliphatic heterocycles. The molecule has 35 heavy (non-hydrogen) atoms. The second-order valence-electron chi connectivity index (χ2n) is 8.79. The number of aryl methyl sites for hydroxylation is 1.